The number of aliphatic hydroxyl groups excluding tert-OH is 1. The van der Waals surface area contributed by atoms with Crippen molar-refractivity contribution >= 4 is 17.7 Å². The maximum absolute atomic E-state index is 12.7. The molecule has 1 aromatic rings. The molecule has 172 valence electrons. The van der Waals surface area contributed by atoms with Crippen molar-refractivity contribution in [1.82, 2.24) is 4.90 Å². The number of amides is 1. The molecule has 1 amide bonds. The number of hydrogen-bond donors (Lipinski definition) is 1. The second-order valence-corrected chi connectivity index (χ2v) is 11.5. The molecule has 7 atom stereocenters. The summed E-state index contributed by atoms with van der Waals surface area (Å²) in [6.45, 7) is 4.71. The lowest BCUT2D eigenvalue weighted by molar-refractivity contribution is -0.135. The van der Waals surface area contributed by atoms with Gasteiger partial charge in [-0.05, 0) is 84.6 Å². The lowest BCUT2D eigenvalue weighted by Crippen LogP contribution is -2.60. The molecule has 1 aliphatic heterocycles. The van der Waals surface area contributed by atoms with Crippen LogP contribution in [0.15, 0.2) is 42.0 Å². The fraction of sp³-hybridized carbons (Fsp3) is 0.607. The summed E-state index contributed by atoms with van der Waals surface area (Å²) in [6.07, 6.45) is 11.5. The minimum atomic E-state index is -0.170. The first-order valence-corrected chi connectivity index (χ1v) is 12.3. The van der Waals surface area contributed by atoms with Crippen molar-refractivity contribution in [2.24, 2.45) is 28.6 Å². The molecule has 1 aromatic carbocycles. The molecule has 32 heavy (non-hydrogen) atoms. The Labute approximate surface area is 193 Å². The number of benzene rings is 1. The van der Waals surface area contributed by atoms with Gasteiger partial charge in [-0.2, -0.15) is 0 Å². The van der Waals surface area contributed by atoms with Gasteiger partial charge in [-0.25, -0.2) is 0 Å². The Bertz CT molecular complexity index is 964. The van der Waals surface area contributed by atoms with E-state index in [1.165, 1.54) is 16.8 Å². The van der Waals surface area contributed by atoms with E-state index in [4.69, 9.17) is 0 Å². The van der Waals surface area contributed by atoms with Crippen molar-refractivity contribution in [3.63, 3.8) is 0 Å². The molecule has 3 aliphatic carbocycles. The molecule has 5 rings (SSSR count). The highest BCUT2D eigenvalue weighted by molar-refractivity contribution is 5.89. The lowest BCUT2D eigenvalue weighted by Gasteiger charge is -2.60. The van der Waals surface area contributed by atoms with E-state index >= 15 is 0 Å². The highest BCUT2D eigenvalue weighted by Gasteiger charge is 2.61. The van der Waals surface area contributed by atoms with Crippen molar-refractivity contribution in [3.05, 3.63) is 47.6 Å². The van der Waals surface area contributed by atoms with Crippen LogP contribution < -0.4 is 4.90 Å². The second kappa shape index (κ2) is 7.48. The fourth-order valence-corrected chi connectivity index (χ4v) is 7.90. The van der Waals surface area contributed by atoms with Crippen LogP contribution in [0.25, 0.3) is 6.08 Å². The summed E-state index contributed by atoms with van der Waals surface area (Å²) < 4.78 is 0. The number of hydrogen-bond acceptors (Lipinski definition) is 3. The van der Waals surface area contributed by atoms with Crippen molar-refractivity contribution in [2.75, 3.05) is 26.0 Å². The van der Waals surface area contributed by atoms with E-state index in [-0.39, 0.29) is 28.9 Å². The summed E-state index contributed by atoms with van der Waals surface area (Å²) in [7, 11) is 6.10. The molecular formula is C28H38N2O2. The average Bonchev–Trinajstić information content (AvgIpc) is 3.06. The Hall–Kier alpha value is -2.07. The van der Waals surface area contributed by atoms with Crippen LogP contribution in [0.1, 0.15) is 51.5 Å². The molecule has 0 unspecified atom stereocenters. The van der Waals surface area contributed by atoms with Gasteiger partial charge in [-0.15, -0.1) is 0 Å². The van der Waals surface area contributed by atoms with Crippen LogP contribution in [0.5, 0.6) is 0 Å². The van der Waals surface area contributed by atoms with E-state index in [9.17, 15) is 9.90 Å². The standard InChI is InChI=1S/C28H38N2O2/c1-27-14-12-23-21(22(27)10-11-24(27)31)17-19(16-18-6-8-20(9-7-18)29(3)4)26-28(23,2)15-13-25(32)30(26)5/h6-9,13,15-16,21-24,26,31H,10-12,14,17H2,1-5H3/t21-,22-,23-,24-,26+,27-,28+/m0/s1. The van der Waals surface area contributed by atoms with Crippen LogP contribution in [0.4, 0.5) is 5.69 Å². The summed E-state index contributed by atoms with van der Waals surface area (Å²) in [5.41, 5.74) is 3.75. The third-order valence-corrected chi connectivity index (χ3v) is 9.68. The van der Waals surface area contributed by atoms with E-state index in [0.717, 1.165) is 32.1 Å². The maximum Gasteiger partial charge on any atom is 0.246 e. The van der Waals surface area contributed by atoms with Gasteiger partial charge < -0.3 is 14.9 Å². The van der Waals surface area contributed by atoms with E-state index in [1.54, 1.807) is 6.08 Å². The van der Waals surface area contributed by atoms with E-state index in [2.05, 4.69) is 69.3 Å². The van der Waals surface area contributed by atoms with Crippen LogP contribution in [0.2, 0.25) is 0 Å². The first kappa shape index (κ1) is 21.8. The number of rotatable bonds is 2. The Morgan fingerprint density at radius 3 is 2.50 bits per heavy atom. The van der Waals surface area contributed by atoms with Gasteiger partial charge in [0.2, 0.25) is 5.91 Å². The second-order valence-electron chi connectivity index (χ2n) is 11.5. The zero-order valence-corrected chi connectivity index (χ0v) is 20.2. The van der Waals surface area contributed by atoms with E-state index in [0.29, 0.717) is 17.8 Å². The first-order chi connectivity index (χ1) is 15.1. The van der Waals surface area contributed by atoms with Crippen molar-refractivity contribution in [1.29, 1.82) is 0 Å². The van der Waals surface area contributed by atoms with Crippen LogP contribution in [-0.2, 0) is 4.79 Å². The fourth-order valence-electron chi connectivity index (χ4n) is 7.90. The summed E-state index contributed by atoms with van der Waals surface area (Å²) in [4.78, 5) is 16.8. The minimum absolute atomic E-state index is 0.0446. The van der Waals surface area contributed by atoms with E-state index in [1.807, 2.05) is 11.9 Å². The number of aliphatic hydroxyl groups is 1. The molecule has 0 aromatic heterocycles. The van der Waals surface area contributed by atoms with Crippen LogP contribution in [0, 0.1) is 28.6 Å². The number of carbonyl (C=O) groups is 1. The van der Waals surface area contributed by atoms with Gasteiger partial charge in [-0.3, -0.25) is 4.79 Å². The predicted molar refractivity (Wildman–Crippen MR) is 130 cm³/mol. The maximum atomic E-state index is 12.7. The molecule has 4 heteroatoms. The molecule has 3 fully saturated rings. The monoisotopic (exact) mass is 434 g/mol. The quantitative estimate of drug-likeness (QED) is 0.731. The van der Waals surface area contributed by atoms with Crippen molar-refractivity contribution in [2.45, 2.75) is 58.1 Å². The molecule has 1 heterocycles. The highest BCUT2D eigenvalue weighted by atomic mass is 16.3. The third-order valence-electron chi connectivity index (χ3n) is 9.68. The molecule has 4 aliphatic rings. The summed E-state index contributed by atoms with van der Waals surface area (Å²) in [6, 6.07) is 8.81. The predicted octanol–water partition coefficient (Wildman–Crippen LogP) is 4.75. The molecule has 4 nitrogen and oxygen atoms in total. The normalized spacial score (nSPS) is 41.9. The molecule has 0 spiro atoms. The summed E-state index contributed by atoms with van der Waals surface area (Å²) in [5, 5.41) is 10.8. The number of anilines is 1. The first-order valence-electron chi connectivity index (χ1n) is 12.3. The zero-order chi connectivity index (χ0) is 22.8. The van der Waals surface area contributed by atoms with Gasteiger partial charge in [0.05, 0.1) is 12.1 Å². The Morgan fingerprint density at radius 2 is 1.81 bits per heavy atom. The number of carbonyl (C=O) groups excluding carboxylic acids is 1. The number of fused-ring (bicyclic) bond motifs is 5. The molecule has 1 N–H and O–H groups in total. The summed E-state index contributed by atoms with van der Waals surface area (Å²) in [5.74, 6) is 1.78. The van der Waals surface area contributed by atoms with E-state index < -0.39 is 0 Å². The Kier molecular flexibility index (Phi) is 5.09. The topological polar surface area (TPSA) is 43.8 Å². The number of likely N-dealkylation sites (N-methyl/N-ethyl adjacent to an activating group) is 1. The smallest absolute Gasteiger partial charge is 0.246 e. The van der Waals surface area contributed by atoms with Gasteiger partial charge in [0.15, 0.2) is 0 Å². The molecule has 0 radical (unpaired) electrons. The van der Waals surface area contributed by atoms with Crippen molar-refractivity contribution in [3.8, 4) is 0 Å². The molecule has 0 bridgehead atoms. The average molecular weight is 435 g/mol. The molecule has 0 saturated heterocycles. The summed E-state index contributed by atoms with van der Waals surface area (Å²) >= 11 is 0. The van der Waals surface area contributed by atoms with Crippen LogP contribution >= 0.6 is 0 Å². The number of nitrogens with zero attached hydrogens (tertiary/aromatic N) is 2. The van der Waals surface area contributed by atoms with Gasteiger partial charge in [0.25, 0.3) is 0 Å². The third kappa shape index (κ3) is 3.09. The van der Waals surface area contributed by atoms with Crippen LogP contribution in [-0.4, -0.2) is 49.2 Å². The van der Waals surface area contributed by atoms with Gasteiger partial charge in [0.1, 0.15) is 0 Å². The Balaban J connectivity index is 1.58. The van der Waals surface area contributed by atoms with Crippen molar-refractivity contribution < 1.29 is 9.90 Å². The zero-order valence-electron chi connectivity index (χ0n) is 20.2. The minimum Gasteiger partial charge on any atom is -0.393 e. The molecular weight excluding hydrogens is 396 g/mol. The Morgan fingerprint density at radius 1 is 1.09 bits per heavy atom. The largest absolute Gasteiger partial charge is 0.393 e. The molecule has 3 saturated carbocycles. The SMILES string of the molecule is CN(C)c1ccc(C=C2C[C@@H]3[C@H](CC[C@]4(C)[C@@H](O)CC[C@@H]34)[C@@]3(C)C=CC(=O)N(C)[C@H]23)cc1. The lowest BCUT2D eigenvalue weighted by atomic mass is 9.47. The van der Waals surface area contributed by atoms with Gasteiger partial charge in [0, 0.05) is 32.2 Å². The van der Waals surface area contributed by atoms with Gasteiger partial charge in [-0.1, -0.05) is 38.1 Å². The van der Waals surface area contributed by atoms with Crippen LogP contribution in [0.3, 0.4) is 0 Å². The van der Waals surface area contributed by atoms with Gasteiger partial charge >= 0.3 is 0 Å². The highest BCUT2D eigenvalue weighted by Crippen LogP contribution is 2.64.